The number of hydrogen-bond acceptors (Lipinski definition) is 4. The van der Waals surface area contributed by atoms with E-state index in [-0.39, 0.29) is 5.91 Å². The van der Waals surface area contributed by atoms with Crippen molar-refractivity contribution in [2.75, 3.05) is 19.6 Å². The summed E-state index contributed by atoms with van der Waals surface area (Å²) in [6.45, 7) is 2.14. The molecule has 1 aliphatic heterocycles. The van der Waals surface area contributed by atoms with E-state index >= 15 is 0 Å². The fourth-order valence-electron chi connectivity index (χ4n) is 2.61. The van der Waals surface area contributed by atoms with Gasteiger partial charge in [-0.1, -0.05) is 39.8 Å². The van der Waals surface area contributed by atoms with Gasteiger partial charge in [0.25, 0.3) is 5.91 Å². The number of likely N-dealkylation sites (tertiary alicyclic amines) is 1. The number of nitrogens with two attached hydrogens (primary N) is 1. The Balaban J connectivity index is 1.73. The molecule has 4 nitrogen and oxygen atoms in total. The fourth-order valence-corrected chi connectivity index (χ4v) is 4.03. The zero-order chi connectivity index (χ0) is 16.2. The van der Waals surface area contributed by atoms with E-state index in [9.17, 15) is 4.79 Å². The molecular weight excluding hydrogens is 374 g/mol. The summed E-state index contributed by atoms with van der Waals surface area (Å²) in [5, 5.41) is 0.823. The normalized spacial score (nSPS) is 17.5. The quantitative estimate of drug-likeness (QED) is 0.867. The first-order valence-electron chi connectivity index (χ1n) is 7.55. The van der Waals surface area contributed by atoms with Crippen molar-refractivity contribution in [3.8, 4) is 0 Å². The Morgan fingerprint density at radius 3 is 2.91 bits per heavy atom. The molecule has 23 heavy (non-hydrogen) atoms. The molecule has 3 rings (SSSR count). The molecule has 1 aliphatic rings. The Morgan fingerprint density at radius 1 is 1.35 bits per heavy atom. The second-order valence-electron chi connectivity index (χ2n) is 5.56. The van der Waals surface area contributed by atoms with Gasteiger partial charge >= 0.3 is 0 Å². The van der Waals surface area contributed by atoms with E-state index in [1.807, 2.05) is 41.3 Å². The minimum atomic E-state index is -0.00218. The molecule has 0 spiro atoms. The van der Waals surface area contributed by atoms with Crippen LogP contribution in [0.2, 0.25) is 0 Å². The van der Waals surface area contributed by atoms with Crippen LogP contribution in [-0.2, 0) is 0 Å². The summed E-state index contributed by atoms with van der Waals surface area (Å²) in [6, 6.07) is 13.6. The lowest BCUT2D eigenvalue weighted by Gasteiger charge is -2.16. The highest BCUT2D eigenvalue weighted by atomic mass is 79.9. The molecule has 1 aromatic heterocycles. The highest BCUT2D eigenvalue weighted by Gasteiger charge is 2.26. The van der Waals surface area contributed by atoms with Crippen LogP contribution in [0.25, 0.3) is 0 Å². The lowest BCUT2D eigenvalue weighted by molar-refractivity contribution is 0.0781. The van der Waals surface area contributed by atoms with Crippen molar-refractivity contribution >= 4 is 33.6 Å². The Bertz CT molecular complexity index is 710. The summed E-state index contributed by atoms with van der Waals surface area (Å²) in [6.07, 6.45) is 0.981. The van der Waals surface area contributed by atoms with Gasteiger partial charge < -0.3 is 10.6 Å². The molecule has 2 N–H and O–H groups in total. The van der Waals surface area contributed by atoms with Gasteiger partial charge in [-0.15, -0.1) is 0 Å². The van der Waals surface area contributed by atoms with E-state index < -0.39 is 0 Å². The van der Waals surface area contributed by atoms with Crippen LogP contribution in [0.4, 0.5) is 0 Å². The third kappa shape index (κ3) is 4.13. The molecule has 2 aromatic rings. The van der Waals surface area contributed by atoms with Gasteiger partial charge in [0.15, 0.2) is 0 Å². The number of hydrogen-bond donors (Lipinski definition) is 1. The van der Waals surface area contributed by atoms with Crippen LogP contribution in [0.15, 0.2) is 56.9 Å². The van der Waals surface area contributed by atoms with E-state index in [2.05, 4.69) is 20.9 Å². The van der Waals surface area contributed by atoms with Crippen LogP contribution in [0.3, 0.4) is 0 Å². The number of aromatic nitrogens is 1. The first-order chi connectivity index (χ1) is 11.2. The molecule has 120 valence electrons. The Morgan fingerprint density at radius 2 is 2.17 bits per heavy atom. The van der Waals surface area contributed by atoms with Crippen molar-refractivity contribution in [3.05, 3.63) is 52.6 Å². The van der Waals surface area contributed by atoms with E-state index in [1.54, 1.807) is 17.8 Å². The number of rotatable bonds is 4. The largest absolute Gasteiger partial charge is 0.337 e. The smallest absolute Gasteiger partial charge is 0.272 e. The van der Waals surface area contributed by atoms with Crippen molar-refractivity contribution in [1.82, 2.24) is 9.88 Å². The second-order valence-corrected chi connectivity index (χ2v) is 7.57. The third-order valence-electron chi connectivity index (χ3n) is 3.87. The molecule has 1 aromatic carbocycles. The summed E-state index contributed by atoms with van der Waals surface area (Å²) in [7, 11) is 0. The van der Waals surface area contributed by atoms with Gasteiger partial charge in [-0.25, -0.2) is 4.98 Å². The molecule has 0 saturated carbocycles. The zero-order valence-electron chi connectivity index (χ0n) is 12.6. The average Bonchev–Trinajstić information content (AvgIpc) is 3.03. The predicted molar refractivity (Wildman–Crippen MR) is 95.6 cm³/mol. The number of amides is 1. The van der Waals surface area contributed by atoms with Gasteiger partial charge in [0, 0.05) is 22.5 Å². The molecule has 0 bridgehead atoms. The first-order valence-corrected chi connectivity index (χ1v) is 9.16. The maximum atomic E-state index is 12.6. The van der Waals surface area contributed by atoms with Crippen molar-refractivity contribution in [2.45, 2.75) is 16.3 Å². The fraction of sp³-hybridized carbons (Fsp3) is 0.294. The third-order valence-corrected chi connectivity index (χ3v) is 5.29. The van der Waals surface area contributed by atoms with Gasteiger partial charge in [-0.3, -0.25) is 4.79 Å². The summed E-state index contributed by atoms with van der Waals surface area (Å²) >= 11 is 5.01. The van der Waals surface area contributed by atoms with Gasteiger partial charge in [0.05, 0.1) is 0 Å². The number of nitrogens with zero attached hydrogens (tertiary/aromatic N) is 2. The van der Waals surface area contributed by atoms with Crippen LogP contribution in [-0.4, -0.2) is 35.4 Å². The lowest BCUT2D eigenvalue weighted by atomic mass is 10.1. The lowest BCUT2D eigenvalue weighted by Crippen LogP contribution is -2.30. The molecule has 6 heteroatoms. The number of benzene rings is 1. The number of halogens is 1. The summed E-state index contributed by atoms with van der Waals surface area (Å²) in [4.78, 5) is 20.0. The molecule has 1 unspecified atom stereocenters. The molecule has 1 amide bonds. The van der Waals surface area contributed by atoms with Crippen LogP contribution in [0.1, 0.15) is 16.9 Å². The number of carbonyl (C=O) groups excluding carboxylic acids is 1. The highest BCUT2D eigenvalue weighted by molar-refractivity contribution is 9.10. The number of pyridine rings is 1. The topological polar surface area (TPSA) is 59.2 Å². The predicted octanol–water partition coefficient (Wildman–Crippen LogP) is 3.42. The Kier molecular flexibility index (Phi) is 5.35. The minimum absolute atomic E-state index is 0.00218. The molecule has 2 heterocycles. The van der Waals surface area contributed by atoms with Crippen molar-refractivity contribution in [2.24, 2.45) is 11.7 Å². The maximum absolute atomic E-state index is 12.6. The van der Waals surface area contributed by atoms with Crippen molar-refractivity contribution < 1.29 is 4.79 Å². The van der Waals surface area contributed by atoms with Crippen molar-refractivity contribution in [3.63, 3.8) is 0 Å². The molecule has 1 saturated heterocycles. The minimum Gasteiger partial charge on any atom is -0.337 e. The number of carbonyl (C=O) groups is 1. The average molecular weight is 392 g/mol. The Labute approximate surface area is 148 Å². The highest BCUT2D eigenvalue weighted by Crippen LogP contribution is 2.28. The molecule has 0 radical (unpaired) electrons. The zero-order valence-corrected chi connectivity index (χ0v) is 15.0. The van der Waals surface area contributed by atoms with E-state index in [1.165, 1.54) is 0 Å². The molecule has 0 aliphatic carbocycles. The van der Waals surface area contributed by atoms with Crippen LogP contribution in [0, 0.1) is 5.92 Å². The van der Waals surface area contributed by atoms with E-state index in [4.69, 9.17) is 5.73 Å². The maximum Gasteiger partial charge on any atom is 0.272 e. The standard InChI is InChI=1S/C17H18BrN3OS/c18-13-3-1-4-14(9-13)23-16-6-2-5-15(20-16)17(22)21-8-7-12(10-19)11-21/h1-6,9,12H,7-8,10-11,19H2. The van der Waals surface area contributed by atoms with Gasteiger partial charge in [0.1, 0.15) is 10.7 Å². The van der Waals surface area contributed by atoms with Gasteiger partial charge in [0.2, 0.25) is 0 Å². The van der Waals surface area contributed by atoms with E-state index in [0.29, 0.717) is 18.2 Å². The monoisotopic (exact) mass is 391 g/mol. The van der Waals surface area contributed by atoms with Crippen molar-refractivity contribution in [1.29, 1.82) is 0 Å². The van der Waals surface area contributed by atoms with Gasteiger partial charge in [-0.2, -0.15) is 0 Å². The van der Waals surface area contributed by atoms with Crippen LogP contribution < -0.4 is 5.73 Å². The van der Waals surface area contributed by atoms with Crippen LogP contribution >= 0.6 is 27.7 Å². The molecular formula is C17H18BrN3OS. The van der Waals surface area contributed by atoms with Gasteiger partial charge in [-0.05, 0) is 49.2 Å². The Hall–Kier alpha value is -1.37. The first kappa shape index (κ1) is 16.5. The van der Waals surface area contributed by atoms with E-state index in [0.717, 1.165) is 33.9 Å². The second kappa shape index (κ2) is 7.47. The summed E-state index contributed by atoms with van der Waals surface area (Å²) in [5.41, 5.74) is 6.20. The van der Waals surface area contributed by atoms with Crippen LogP contribution in [0.5, 0.6) is 0 Å². The summed E-state index contributed by atoms with van der Waals surface area (Å²) in [5.74, 6) is 0.413. The SMILES string of the molecule is NCC1CCN(C(=O)c2cccc(Sc3cccc(Br)c3)n2)C1. The molecule has 1 atom stereocenters. The molecule has 1 fully saturated rings. The summed E-state index contributed by atoms with van der Waals surface area (Å²) < 4.78 is 1.03.